The zero-order chi connectivity index (χ0) is 8.39. The van der Waals surface area contributed by atoms with E-state index in [1.54, 1.807) is 0 Å². The number of rotatable bonds is 1. The van der Waals surface area contributed by atoms with Crippen molar-refractivity contribution in [1.29, 1.82) is 0 Å². The van der Waals surface area contributed by atoms with Gasteiger partial charge in [0.2, 0.25) is 5.69 Å². The molecule has 0 unspecified atom stereocenters. The fraction of sp³-hybridized carbons (Fsp3) is 0.182. The van der Waals surface area contributed by atoms with Gasteiger partial charge in [-0.25, -0.2) is 0 Å². The minimum absolute atomic E-state index is 0.493. The summed E-state index contributed by atoms with van der Waals surface area (Å²) < 4.78 is 2.25. The first-order valence-electron chi connectivity index (χ1n) is 4.23. The van der Waals surface area contributed by atoms with Crippen LogP contribution in [0.3, 0.4) is 0 Å². The summed E-state index contributed by atoms with van der Waals surface area (Å²) in [7, 11) is 0. The molecule has 12 heavy (non-hydrogen) atoms. The van der Waals surface area contributed by atoms with Gasteiger partial charge in [0.05, 0.1) is 0 Å². The van der Waals surface area contributed by atoms with Crippen LogP contribution in [0, 0.1) is 0 Å². The molecule has 0 spiro atoms. The monoisotopic (exact) mass is 158 g/mol. The Morgan fingerprint density at radius 3 is 2.50 bits per heavy atom. The lowest BCUT2D eigenvalue weighted by molar-refractivity contribution is -0.457. The second kappa shape index (κ2) is 2.94. The van der Waals surface area contributed by atoms with Gasteiger partial charge in [0.25, 0.3) is 0 Å². The molecular formula is C11H12N+. The highest BCUT2D eigenvalue weighted by atomic mass is 15.0. The van der Waals surface area contributed by atoms with Gasteiger partial charge >= 0.3 is 0 Å². The van der Waals surface area contributed by atoms with Crippen LogP contribution in [0.4, 0.5) is 5.69 Å². The van der Waals surface area contributed by atoms with Crippen molar-refractivity contribution in [2.45, 2.75) is 13.0 Å². The van der Waals surface area contributed by atoms with Crippen LogP contribution in [0.2, 0.25) is 0 Å². The molecule has 0 radical (unpaired) electrons. The summed E-state index contributed by atoms with van der Waals surface area (Å²) in [6.45, 7) is 2.19. The summed E-state index contributed by atoms with van der Waals surface area (Å²) in [6.07, 6.45) is 6.39. The van der Waals surface area contributed by atoms with Crippen LogP contribution < -0.4 is 0 Å². The highest BCUT2D eigenvalue weighted by Crippen LogP contribution is 2.15. The lowest BCUT2D eigenvalue weighted by Gasteiger charge is -2.01. The van der Waals surface area contributed by atoms with Gasteiger partial charge in [0, 0.05) is 25.1 Å². The van der Waals surface area contributed by atoms with Crippen LogP contribution in [0.15, 0.2) is 42.5 Å². The maximum Gasteiger partial charge on any atom is 0.205 e. The molecule has 0 N–H and O–H groups in total. The summed E-state index contributed by atoms with van der Waals surface area (Å²) in [5.74, 6) is 0. The molecule has 2 rings (SSSR count). The Hall–Kier alpha value is -1.37. The molecule has 1 aliphatic heterocycles. The first-order valence-corrected chi connectivity index (χ1v) is 4.23. The standard InChI is InChI=1S/C11H12N/c1-10-6-5-9-12(10)11-7-3-2-4-8-11/h2-10H,1H3/q+1/t10-/m0/s1. The summed E-state index contributed by atoms with van der Waals surface area (Å²) in [4.78, 5) is 0. The zero-order valence-corrected chi connectivity index (χ0v) is 7.14. The van der Waals surface area contributed by atoms with Crippen molar-refractivity contribution < 1.29 is 4.58 Å². The highest BCUT2D eigenvalue weighted by Gasteiger charge is 2.17. The SMILES string of the molecule is C[C@H]1C=CC=[N+]1c1ccccc1. The maximum absolute atomic E-state index is 2.25. The van der Waals surface area contributed by atoms with E-state index in [1.165, 1.54) is 5.69 Å². The number of benzene rings is 1. The molecule has 0 fully saturated rings. The quantitative estimate of drug-likeness (QED) is 0.552. The molecule has 0 saturated heterocycles. The van der Waals surface area contributed by atoms with Gasteiger partial charge in [-0.3, -0.25) is 0 Å². The van der Waals surface area contributed by atoms with Crippen LogP contribution in [-0.4, -0.2) is 16.8 Å². The van der Waals surface area contributed by atoms with Gasteiger partial charge in [-0.2, -0.15) is 4.58 Å². The predicted molar refractivity (Wildman–Crippen MR) is 51.0 cm³/mol. The van der Waals surface area contributed by atoms with Crippen molar-refractivity contribution in [2.24, 2.45) is 0 Å². The van der Waals surface area contributed by atoms with E-state index < -0.39 is 0 Å². The molecule has 1 aromatic carbocycles. The molecule has 1 aliphatic rings. The van der Waals surface area contributed by atoms with E-state index in [1.807, 2.05) is 6.07 Å². The lowest BCUT2D eigenvalue weighted by Crippen LogP contribution is -2.12. The topological polar surface area (TPSA) is 3.01 Å². The van der Waals surface area contributed by atoms with E-state index in [-0.39, 0.29) is 0 Å². The Kier molecular flexibility index (Phi) is 1.78. The van der Waals surface area contributed by atoms with Gasteiger partial charge in [-0.15, -0.1) is 0 Å². The number of allylic oxidation sites excluding steroid dienone is 1. The summed E-state index contributed by atoms with van der Waals surface area (Å²) in [5, 5.41) is 0. The summed E-state index contributed by atoms with van der Waals surface area (Å²) in [6, 6.07) is 10.9. The van der Waals surface area contributed by atoms with E-state index in [0.717, 1.165) is 0 Å². The number of nitrogens with zero attached hydrogens (tertiary/aromatic N) is 1. The Morgan fingerprint density at radius 1 is 1.17 bits per heavy atom. The van der Waals surface area contributed by atoms with Crippen molar-refractivity contribution in [3.05, 3.63) is 42.5 Å². The Labute approximate surface area is 72.7 Å². The first-order chi connectivity index (χ1) is 5.88. The van der Waals surface area contributed by atoms with Crippen LogP contribution >= 0.6 is 0 Å². The summed E-state index contributed by atoms with van der Waals surface area (Å²) in [5.41, 5.74) is 1.26. The van der Waals surface area contributed by atoms with E-state index in [9.17, 15) is 0 Å². The van der Waals surface area contributed by atoms with E-state index in [2.05, 4.69) is 54.1 Å². The Balaban J connectivity index is 2.34. The minimum Gasteiger partial charge on any atom is -0.193 e. The Morgan fingerprint density at radius 2 is 1.92 bits per heavy atom. The van der Waals surface area contributed by atoms with Crippen LogP contribution in [-0.2, 0) is 0 Å². The maximum atomic E-state index is 2.25. The van der Waals surface area contributed by atoms with Gasteiger partial charge in [-0.05, 0) is 6.08 Å². The Bertz CT molecular complexity index is 322. The molecule has 1 heteroatoms. The van der Waals surface area contributed by atoms with Crippen LogP contribution in [0.25, 0.3) is 0 Å². The average molecular weight is 158 g/mol. The summed E-state index contributed by atoms with van der Waals surface area (Å²) >= 11 is 0. The number of hydrogen-bond acceptors (Lipinski definition) is 0. The molecule has 1 aromatic rings. The third-order valence-corrected chi connectivity index (χ3v) is 2.13. The highest BCUT2D eigenvalue weighted by molar-refractivity contribution is 5.69. The van der Waals surface area contributed by atoms with Gasteiger partial charge in [-0.1, -0.05) is 18.2 Å². The minimum atomic E-state index is 0.493. The molecule has 1 atom stereocenters. The predicted octanol–water partition coefficient (Wildman–Crippen LogP) is 2.36. The van der Waals surface area contributed by atoms with Crippen LogP contribution in [0.1, 0.15) is 6.92 Å². The second-order valence-corrected chi connectivity index (χ2v) is 3.02. The molecule has 0 bridgehead atoms. The molecule has 60 valence electrons. The molecule has 0 saturated carbocycles. The van der Waals surface area contributed by atoms with Gasteiger partial charge in [0.15, 0.2) is 12.3 Å². The molecule has 0 aromatic heterocycles. The first kappa shape index (κ1) is 7.29. The average Bonchev–Trinajstić information content (AvgIpc) is 2.53. The largest absolute Gasteiger partial charge is 0.205 e. The fourth-order valence-corrected chi connectivity index (χ4v) is 1.45. The number of hydrogen-bond donors (Lipinski definition) is 0. The van der Waals surface area contributed by atoms with Crippen LogP contribution in [0.5, 0.6) is 0 Å². The van der Waals surface area contributed by atoms with Gasteiger partial charge < -0.3 is 0 Å². The van der Waals surface area contributed by atoms with E-state index >= 15 is 0 Å². The molecule has 1 nitrogen and oxygen atoms in total. The smallest absolute Gasteiger partial charge is 0.193 e. The third-order valence-electron chi connectivity index (χ3n) is 2.13. The van der Waals surface area contributed by atoms with Crippen molar-refractivity contribution in [3.8, 4) is 0 Å². The molecule has 1 heterocycles. The van der Waals surface area contributed by atoms with E-state index in [4.69, 9.17) is 0 Å². The van der Waals surface area contributed by atoms with Crippen molar-refractivity contribution in [3.63, 3.8) is 0 Å². The lowest BCUT2D eigenvalue weighted by atomic mass is 10.2. The van der Waals surface area contributed by atoms with Crippen molar-refractivity contribution >= 4 is 11.9 Å². The zero-order valence-electron chi connectivity index (χ0n) is 7.14. The van der Waals surface area contributed by atoms with Crippen molar-refractivity contribution in [2.75, 3.05) is 0 Å². The molecule has 0 amide bonds. The number of para-hydroxylation sites is 1. The van der Waals surface area contributed by atoms with E-state index in [0.29, 0.717) is 6.04 Å². The van der Waals surface area contributed by atoms with Gasteiger partial charge in [0.1, 0.15) is 0 Å². The second-order valence-electron chi connectivity index (χ2n) is 3.02. The molecule has 0 aliphatic carbocycles. The van der Waals surface area contributed by atoms with Crippen molar-refractivity contribution in [1.82, 2.24) is 0 Å². The fourth-order valence-electron chi connectivity index (χ4n) is 1.45. The normalized spacial score (nSPS) is 21.1. The molecular weight excluding hydrogens is 146 g/mol. The third kappa shape index (κ3) is 1.18.